The lowest BCUT2D eigenvalue weighted by molar-refractivity contribution is 0.107. The molecule has 0 bridgehead atoms. The van der Waals surface area contributed by atoms with Crippen LogP contribution in [0.2, 0.25) is 0 Å². The Morgan fingerprint density at radius 2 is 2.12 bits per heavy atom. The molecular formula is C14H30N2O. The number of nitrogens with one attached hydrogen (secondary N) is 1. The zero-order chi connectivity index (χ0) is 12.3. The van der Waals surface area contributed by atoms with Gasteiger partial charge in [-0.25, -0.2) is 0 Å². The van der Waals surface area contributed by atoms with E-state index in [2.05, 4.69) is 12.2 Å². The van der Waals surface area contributed by atoms with Gasteiger partial charge < -0.3 is 15.8 Å². The molecule has 0 aromatic carbocycles. The van der Waals surface area contributed by atoms with Gasteiger partial charge in [-0.15, -0.1) is 0 Å². The van der Waals surface area contributed by atoms with Crippen molar-refractivity contribution in [1.82, 2.24) is 5.32 Å². The summed E-state index contributed by atoms with van der Waals surface area (Å²) in [6, 6.07) is 0.487. The monoisotopic (exact) mass is 242 g/mol. The van der Waals surface area contributed by atoms with Crippen molar-refractivity contribution in [2.24, 2.45) is 5.73 Å². The summed E-state index contributed by atoms with van der Waals surface area (Å²) < 4.78 is 5.60. The molecule has 1 aliphatic rings. The Morgan fingerprint density at radius 1 is 1.29 bits per heavy atom. The van der Waals surface area contributed by atoms with Crippen molar-refractivity contribution in [3.63, 3.8) is 0 Å². The minimum absolute atomic E-state index is 0.434. The fourth-order valence-electron chi connectivity index (χ4n) is 2.40. The fraction of sp³-hybridized carbons (Fsp3) is 1.00. The Balaban J connectivity index is 1.98. The summed E-state index contributed by atoms with van der Waals surface area (Å²) >= 11 is 0. The molecule has 0 aromatic rings. The third-order valence-corrected chi connectivity index (χ3v) is 3.60. The zero-order valence-electron chi connectivity index (χ0n) is 11.4. The lowest BCUT2D eigenvalue weighted by atomic mass is 10.1. The molecule has 1 saturated heterocycles. The molecule has 1 heterocycles. The molecule has 1 aliphatic heterocycles. The number of nitrogens with two attached hydrogens (primary N) is 1. The predicted molar refractivity (Wildman–Crippen MR) is 73.2 cm³/mol. The van der Waals surface area contributed by atoms with Crippen LogP contribution in [0.1, 0.15) is 58.3 Å². The van der Waals surface area contributed by atoms with E-state index in [9.17, 15) is 0 Å². The van der Waals surface area contributed by atoms with Crippen LogP contribution in [0.3, 0.4) is 0 Å². The maximum absolute atomic E-state index is 5.80. The van der Waals surface area contributed by atoms with Crippen LogP contribution in [0.4, 0.5) is 0 Å². The molecule has 0 saturated carbocycles. The van der Waals surface area contributed by atoms with Crippen molar-refractivity contribution in [3.8, 4) is 0 Å². The maximum atomic E-state index is 5.80. The number of rotatable bonds is 10. The lowest BCUT2D eigenvalue weighted by Crippen LogP contribution is -2.40. The van der Waals surface area contributed by atoms with E-state index >= 15 is 0 Å². The minimum atomic E-state index is 0.434. The van der Waals surface area contributed by atoms with E-state index in [0.717, 1.165) is 19.7 Å². The molecule has 102 valence electrons. The van der Waals surface area contributed by atoms with E-state index in [1.807, 2.05) is 0 Å². The van der Waals surface area contributed by atoms with E-state index < -0.39 is 0 Å². The van der Waals surface area contributed by atoms with Crippen LogP contribution in [0.5, 0.6) is 0 Å². The Labute approximate surface area is 106 Å². The van der Waals surface area contributed by atoms with Crippen LogP contribution in [-0.2, 0) is 4.74 Å². The Kier molecular flexibility index (Phi) is 8.67. The molecule has 2 atom stereocenters. The van der Waals surface area contributed by atoms with E-state index in [-0.39, 0.29) is 0 Å². The minimum Gasteiger partial charge on any atom is -0.377 e. The van der Waals surface area contributed by atoms with Crippen LogP contribution >= 0.6 is 0 Å². The van der Waals surface area contributed by atoms with Crippen LogP contribution in [0.15, 0.2) is 0 Å². The van der Waals surface area contributed by atoms with E-state index in [1.54, 1.807) is 0 Å². The highest BCUT2D eigenvalue weighted by atomic mass is 16.5. The summed E-state index contributed by atoms with van der Waals surface area (Å²) in [7, 11) is 0. The first-order valence-corrected chi connectivity index (χ1v) is 7.41. The second kappa shape index (κ2) is 9.86. The van der Waals surface area contributed by atoms with Gasteiger partial charge in [0.05, 0.1) is 6.10 Å². The summed E-state index contributed by atoms with van der Waals surface area (Å²) in [5.74, 6) is 0. The molecule has 0 radical (unpaired) electrons. The summed E-state index contributed by atoms with van der Waals surface area (Å²) in [5, 5.41) is 3.55. The summed E-state index contributed by atoms with van der Waals surface area (Å²) in [6.07, 6.45) is 10.8. The first-order valence-electron chi connectivity index (χ1n) is 7.41. The predicted octanol–water partition coefficient (Wildman–Crippen LogP) is 2.44. The van der Waals surface area contributed by atoms with Crippen LogP contribution in [-0.4, -0.2) is 31.8 Å². The van der Waals surface area contributed by atoms with Crippen molar-refractivity contribution >= 4 is 0 Å². The van der Waals surface area contributed by atoms with Gasteiger partial charge in [-0.05, 0) is 19.3 Å². The number of hydrogen-bond donors (Lipinski definition) is 2. The first kappa shape index (κ1) is 14.9. The molecule has 0 aliphatic carbocycles. The van der Waals surface area contributed by atoms with E-state index in [4.69, 9.17) is 10.5 Å². The number of unbranched alkanes of at least 4 members (excludes halogenated alkanes) is 4. The van der Waals surface area contributed by atoms with Crippen molar-refractivity contribution in [3.05, 3.63) is 0 Å². The van der Waals surface area contributed by atoms with Gasteiger partial charge in [0.2, 0.25) is 0 Å². The van der Waals surface area contributed by atoms with Crippen LogP contribution in [0, 0.1) is 0 Å². The zero-order valence-corrected chi connectivity index (χ0v) is 11.4. The highest BCUT2D eigenvalue weighted by Gasteiger charge is 2.16. The largest absolute Gasteiger partial charge is 0.377 e. The Hall–Kier alpha value is -0.120. The van der Waals surface area contributed by atoms with Gasteiger partial charge in [-0.2, -0.15) is 0 Å². The smallest absolute Gasteiger partial charge is 0.0700 e. The normalized spacial score (nSPS) is 21.9. The topological polar surface area (TPSA) is 47.3 Å². The van der Waals surface area contributed by atoms with Gasteiger partial charge in [0.1, 0.15) is 0 Å². The van der Waals surface area contributed by atoms with Crippen molar-refractivity contribution in [1.29, 1.82) is 0 Å². The molecule has 17 heavy (non-hydrogen) atoms. The lowest BCUT2D eigenvalue weighted by Gasteiger charge is -2.19. The standard InChI is InChI=1S/C14H30N2O/c1-2-3-4-5-6-8-13(11-15)16-12-14-9-7-10-17-14/h13-14,16H,2-12,15H2,1H3. The van der Waals surface area contributed by atoms with Gasteiger partial charge in [0.25, 0.3) is 0 Å². The maximum Gasteiger partial charge on any atom is 0.0700 e. The number of hydrogen-bond acceptors (Lipinski definition) is 3. The molecule has 1 fully saturated rings. The third-order valence-electron chi connectivity index (χ3n) is 3.60. The highest BCUT2D eigenvalue weighted by molar-refractivity contribution is 4.73. The molecule has 0 aromatic heterocycles. The van der Waals surface area contributed by atoms with E-state index in [0.29, 0.717) is 12.1 Å². The molecule has 3 N–H and O–H groups in total. The average molecular weight is 242 g/mol. The van der Waals surface area contributed by atoms with Gasteiger partial charge in [0, 0.05) is 25.7 Å². The molecule has 3 heteroatoms. The SMILES string of the molecule is CCCCCCCC(CN)NCC1CCCO1. The van der Waals surface area contributed by atoms with Crippen molar-refractivity contribution in [2.45, 2.75) is 70.4 Å². The molecule has 0 spiro atoms. The molecule has 1 rings (SSSR count). The van der Waals surface area contributed by atoms with Crippen molar-refractivity contribution < 1.29 is 4.74 Å². The first-order chi connectivity index (χ1) is 8.36. The fourth-order valence-corrected chi connectivity index (χ4v) is 2.40. The van der Waals surface area contributed by atoms with Crippen molar-refractivity contribution in [2.75, 3.05) is 19.7 Å². The van der Waals surface area contributed by atoms with Gasteiger partial charge in [0.15, 0.2) is 0 Å². The highest BCUT2D eigenvalue weighted by Crippen LogP contribution is 2.12. The summed E-state index contributed by atoms with van der Waals surface area (Å²) in [4.78, 5) is 0. The summed E-state index contributed by atoms with van der Waals surface area (Å²) in [6.45, 7) is 4.93. The second-order valence-electron chi connectivity index (χ2n) is 5.18. The van der Waals surface area contributed by atoms with Gasteiger partial charge in [-0.1, -0.05) is 39.0 Å². The molecular weight excluding hydrogens is 212 g/mol. The Morgan fingerprint density at radius 3 is 2.76 bits per heavy atom. The average Bonchev–Trinajstić information content (AvgIpc) is 2.86. The third kappa shape index (κ3) is 7.02. The quantitative estimate of drug-likeness (QED) is 0.578. The molecule has 2 unspecified atom stereocenters. The molecule has 0 amide bonds. The van der Waals surface area contributed by atoms with Crippen LogP contribution in [0.25, 0.3) is 0 Å². The van der Waals surface area contributed by atoms with Crippen LogP contribution < -0.4 is 11.1 Å². The Bertz CT molecular complexity index is 170. The second-order valence-corrected chi connectivity index (χ2v) is 5.18. The van der Waals surface area contributed by atoms with Gasteiger partial charge in [-0.3, -0.25) is 0 Å². The number of ether oxygens (including phenoxy) is 1. The van der Waals surface area contributed by atoms with E-state index in [1.165, 1.54) is 51.4 Å². The molecule has 3 nitrogen and oxygen atoms in total. The summed E-state index contributed by atoms with van der Waals surface area (Å²) in [5.41, 5.74) is 5.80. The van der Waals surface area contributed by atoms with Gasteiger partial charge >= 0.3 is 0 Å².